The second-order valence-corrected chi connectivity index (χ2v) is 4.59. The summed E-state index contributed by atoms with van der Waals surface area (Å²) in [6.07, 6.45) is 0. The summed E-state index contributed by atoms with van der Waals surface area (Å²) in [5, 5.41) is 2.06. The maximum absolute atomic E-state index is 4.55. The average Bonchev–Trinajstić information content (AvgIpc) is 2.74. The normalized spacial score (nSPS) is 11.7. The van der Waals surface area contributed by atoms with Crippen molar-refractivity contribution in [3.63, 3.8) is 0 Å². The molecule has 1 aromatic carbocycles. The number of thiol groups is 1. The van der Waals surface area contributed by atoms with Gasteiger partial charge in [-0.25, -0.2) is 0 Å². The van der Waals surface area contributed by atoms with Crippen molar-refractivity contribution >= 4 is 35.4 Å². The van der Waals surface area contributed by atoms with E-state index < -0.39 is 0 Å². The Morgan fingerprint density at radius 2 is 2.00 bits per heavy atom. The fourth-order valence-electron chi connectivity index (χ4n) is 1.28. The summed E-state index contributed by atoms with van der Waals surface area (Å²) in [4.78, 5) is 6.66. The van der Waals surface area contributed by atoms with Crippen LogP contribution < -0.4 is 0 Å². The lowest BCUT2D eigenvalue weighted by Crippen LogP contribution is -1.88. The standard InChI is InChI=1S/C12H11NS2/c1-9(12-7-4-8-15-12)13-10-5-2-3-6-11(10)14/h2-8,14H,1H3. The third-order valence-electron chi connectivity index (χ3n) is 2.05. The van der Waals surface area contributed by atoms with Gasteiger partial charge in [0.1, 0.15) is 0 Å². The van der Waals surface area contributed by atoms with Gasteiger partial charge in [0.05, 0.1) is 11.4 Å². The molecule has 1 nitrogen and oxygen atoms in total. The van der Waals surface area contributed by atoms with Crippen LogP contribution in [0.3, 0.4) is 0 Å². The quantitative estimate of drug-likeness (QED) is 0.590. The molecule has 1 aromatic heterocycles. The second-order valence-electron chi connectivity index (χ2n) is 3.16. The lowest BCUT2D eigenvalue weighted by atomic mass is 10.3. The monoisotopic (exact) mass is 233 g/mol. The van der Waals surface area contributed by atoms with Crippen LogP contribution in [0.1, 0.15) is 11.8 Å². The summed E-state index contributed by atoms with van der Waals surface area (Å²) >= 11 is 6.07. The third-order valence-corrected chi connectivity index (χ3v) is 3.40. The van der Waals surface area contributed by atoms with Crippen LogP contribution >= 0.6 is 24.0 Å². The van der Waals surface area contributed by atoms with Gasteiger partial charge in [-0.3, -0.25) is 4.99 Å². The van der Waals surface area contributed by atoms with Gasteiger partial charge in [-0.15, -0.1) is 24.0 Å². The number of nitrogens with zero attached hydrogens (tertiary/aromatic N) is 1. The Kier molecular flexibility index (Phi) is 3.23. The summed E-state index contributed by atoms with van der Waals surface area (Å²) in [7, 11) is 0. The molecule has 0 fully saturated rings. The fraction of sp³-hybridized carbons (Fsp3) is 0.0833. The van der Waals surface area contributed by atoms with Crippen LogP contribution in [-0.2, 0) is 0 Å². The lowest BCUT2D eigenvalue weighted by Gasteiger charge is -2.00. The Balaban J connectivity index is 2.35. The molecule has 0 N–H and O–H groups in total. The van der Waals surface area contributed by atoms with Crippen LogP contribution in [0.5, 0.6) is 0 Å². The van der Waals surface area contributed by atoms with Crippen LogP contribution in [-0.4, -0.2) is 5.71 Å². The summed E-state index contributed by atoms with van der Waals surface area (Å²) in [5.41, 5.74) is 1.96. The number of benzene rings is 1. The van der Waals surface area contributed by atoms with Gasteiger partial charge in [-0.2, -0.15) is 0 Å². The Morgan fingerprint density at radius 1 is 1.20 bits per heavy atom. The molecule has 15 heavy (non-hydrogen) atoms. The zero-order valence-electron chi connectivity index (χ0n) is 8.34. The van der Waals surface area contributed by atoms with Crippen LogP contribution in [0, 0.1) is 0 Å². The molecule has 0 spiro atoms. The Labute approximate surface area is 98.9 Å². The first-order chi connectivity index (χ1) is 7.27. The first-order valence-corrected chi connectivity index (χ1v) is 5.97. The summed E-state index contributed by atoms with van der Waals surface area (Å²) in [6.45, 7) is 2.02. The molecule has 0 radical (unpaired) electrons. The van der Waals surface area contributed by atoms with E-state index in [0.29, 0.717) is 0 Å². The maximum Gasteiger partial charge on any atom is 0.0766 e. The number of aliphatic imine (C=N–C) groups is 1. The van der Waals surface area contributed by atoms with E-state index in [9.17, 15) is 0 Å². The van der Waals surface area contributed by atoms with Gasteiger partial charge in [0.15, 0.2) is 0 Å². The minimum Gasteiger partial charge on any atom is -0.251 e. The SMILES string of the molecule is CC(=Nc1ccccc1S)c1cccs1. The van der Waals surface area contributed by atoms with Crippen molar-refractivity contribution < 1.29 is 0 Å². The zero-order chi connectivity index (χ0) is 10.7. The zero-order valence-corrected chi connectivity index (χ0v) is 10.1. The van der Waals surface area contributed by atoms with Gasteiger partial charge in [0.25, 0.3) is 0 Å². The van der Waals surface area contributed by atoms with Gasteiger partial charge in [0, 0.05) is 9.77 Å². The molecule has 2 rings (SSSR count). The average molecular weight is 233 g/mol. The molecule has 1 heterocycles. The first kappa shape index (κ1) is 10.5. The van der Waals surface area contributed by atoms with Crippen molar-refractivity contribution in [2.24, 2.45) is 4.99 Å². The molecule has 0 saturated carbocycles. The van der Waals surface area contributed by atoms with Crippen LogP contribution in [0.4, 0.5) is 5.69 Å². The number of para-hydroxylation sites is 1. The molecule has 76 valence electrons. The van der Waals surface area contributed by atoms with Gasteiger partial charge >= 0.3 is 0 Å². The molecule has 0 aliphatic heterocycles. The maximum atomic E-state index is 4.55. The highest BCUT2D eigenvalue weighted by molar-refractivity contribution is 7.80. The third kappa shape index (κ3) is 2.49. The molecule has 0 unspecified atom stereocenters. The van der Waals surface area contributed by atoms with E-state index in [4.69, 9.17) is 0 Å². The minimum atomic E-state index is 0.911. The summed E-state index contributed by atoms with van der Waals surface area (Å²) in [6, 6.07) is 12.0. The van der Waals surface area contributed by atoms with Crippen molar-refractivity contribution in [1.29, 1.82) is 0 Å². The van der Waals surface area contributed by atoms with E-state index in [1.165, 1.54) is 4.88 Å². The van der Waals surface area contributed by atoms with E-state index in [2.05, 4.69) is 29.1 Å². The molecule has 0 saturated heterocycles. The molecular formula is C12H11NS2. The number of hydrogen-bond donors (Lipinski definition) is 1. The van der Waals surface area contributed by atoms with E-state index in [-0.39, 0.29) is 0 Å². The van der Waals surface area contributed by atoms with E-state index >= 15 is 0 Å². The Bertz CT molecular complexity index is 472. The fourth-order valence-corrected chi connectivity index (χ4v) is 2.17. The molecule has 0 atom stereocenters. The number of rotatable bonds is 2. The van der Waals surface area contributed by atoms with E-state index in [1.807, 2.05) is 37.3 Å². The highest BCUT2D eigenvalue weighted by atomic mass is 32.1. The summed E-state index contributed by atoms with van der Waals surface area (Å²) in [5.74, 6) is 0. The van der Waals surface area contributed by atoms with Crippen LogP contribution in [0.15, 0.2) is 51.7 Å². The van der Waals surface area contributed by atoms with Gasteiger partial charge < -0.3 is 0 Å². The minimum absolute atomic E-state index is 0.911. The smallest absolute Gasteiger partial charge is 0.0766 e. The molecule has 0 aliphatic carbocycles. The van der Waals surface area contributed by atoms with Gasteiger partial charge in [0.2, 0.25) is 0 Å². The first-order valence-electron chi connectivity index (χ1n) is 4.64. The highest BCUT2D eigenvalue weighted by Crippen LogP contribution is 2.23. The Hall–Kier alpha value is -1.06. The van der Waals surface area contributed by atoms with Crippen molar-refractivity contribution in [1.82, 2.24) is 0 Å². The molecule has 3 heteroatoms. The van der Waals surface area contributed by atoms with E-state index in [1.54, 1.807) is 11.3 Å². The molecule has 0 aliphatic rings. The van der Waals surface area contributed by atoms with Crippen LogP contribution in [0.25, 0.3) is 0 Å². The number of hydrogen-bond acceptors (Lipinski definition) is 3. The molecule has 0 amide bonds. The molecule has 2 aromatic rings. The predicted octanol–water partition coefficient (Wildman–Crippen LogP) is 4.18. The summed E-state index contributed by atoms with van der Waals surface area (Å²) < 4.78 is 0. The topological polar surface area (TPSA) is 12.4 Å². The number of thiophene rings is 1. The lowest BCUT2D eigenvalue weighted by molar-refractivity contribution is 1.37. The largest absolute Gasteiger partial charge is 0.251 e. The second kappa shape index (κ2) is 4.64. The van der Waals surface area contributed by atoms with E-state index in [0.717, 1.165) is 16.3 Å². The van der Waals surface area contributed by atoms with Crippen molar-refractivity contribution in [3.8, 4) is 0 Å². The molecule has 0 bridgehead atoms. The highest BCUT2D eigenvalue weighted by Gasteiger charge is 2.00. The van der Waals surface area contributed by atoms with Crippen molar-refractivity contribution in [3.05, 3.63) is 46.7 Å². The van der Waals surface area contributed by atoms with Crippen molar-refractivity contribution in [2.75, 3.05) is 0 Å². The van der Waals surface area contributed by atoms with Crippen LogP contribution in [0.2, 0.25) is 0 Å². The van der Waals surface area contributed by atoms with Crippen molar-refractivity contribution in [2.45, 2.75) is 11.8 Å². The van der Waals surface area contributed by atoms with Gasteiger partial charge in [-0.05, 0) is 30.5 Å². The van der Waals surface area contributed by atoms with Gasteiger partial charge in [-0.1, -0.05) is 18.2 Å². The molecular weight excluding hydrogens is 222 g/mol. The Morgan fingerprint density at radius 3 is 2.67 bits per heavy atom. The predicted molar refractivity (Wildman–Crippen MR) is 69.9 cm³/mol.